The fourth-order valence-corrected chi connectivity index (χ4v) is 2.21. The van der Waals surface area contributed by atoms with Crippen molar-refractivity contribution in [3.63, 3.8) is 0 Å². The van der Waals surface area contributed by atoms with Crippen LogP contribution >= 0.6 is 0 Å². The number of nitrogens with zero attached hydrogens (tertiary/aromatic N) is 4. The van der Waals surface area contributed by atoms with Crippen LogP contribution in [0.1, 0.15) is 27.0 Å². The second kappa shape index (κ2) is 6.75. The Hall–Kier alpha value is -3.46. The molecule has 0 saturated heterocycles. The van der Waals surface area contributed by atoms with Crippen LogP contribution in [0.15, 0.2) is 55.2 Å². The Labute approximate surface area is 139 Å². The molecule has 0 unspecified atom stereocenters. The number of hydrogen-bond donors (Lipinski definition) is 0. The monoisotopic (exact) mass is 318 g/mol. The van der Waals surface area contributed by atoms with Gasteiger partial charge in [-0.2, -0.15) is 5.26 Å². The van der Waals surface area contributed by atoms with Crippen LogP contribution in [-0.4, -0.2) is 20.5 Å². The van der Waals surface area contributed by atoms with E-state index in [0.29, 0.717) is 16.9 Å². The van der Waals surface area contributed by atoms with E-state index in [1.54, 1.807) is 53.6 Å². The summed E-state index contributed by atoms with van der Waals surface area (Å²) in [6.07, 6.45) is 6.54. The molecule has 1 aromatic carbocycles. The minimum Gasteiger partial charge on any atom is -0.457 e. The minimum absolute atomic E-state index is 0.152. The van der Waals surface area contributed by atoms with Gasteiger partial charge in [0, 0.05) is 18.6 Å². The van der Waals surface area contributed by atoms with Crippen molar-refractivity contribution in [1.82, 2.24) is 14.5 Å². The van der Waals surface area contributed by atoms with E-state index in [9.17, 15) is 4.79 Å². The quantitative estimate of drug-likeness (QED) is 0.691. The molecule has 3 aromatic rings. The predicted octanol–water partition coefficient (Wildman–Crippen LogP) is 2.80. The molecule has 6 nitrogen and oxygen atoms in total. The first-order valence-corrected chi connectivity index (χ1v) is 7.28. The van der Waals surface area contributed by atoms with Gasteiger partial charge in [-0.05, 0) is 42.3 Å². The van der Waals surface area contributed by atoms with E-state index in [2.05, 4.69) is 16.0 Å². The molecule has 6 heteroatoms. The Morgan fingerprint density at radius 2 is 2.21 bits per heavy atom. The molecule has 0 N–H and O–H groups in total. The molecule has 24 heavy (non-hydrogen) atoms. The van der Waals surface area contributed by atoms with E-state index >= 15 is 0 Å². The minimum atomic E-state index is -0.441. The second-order valence-electron chi connectivity index (χ2n) is 5.20. The predicted molar refractivity (Wildman–Crippen MR) is 86.4 cm³/mol. The summed E-state index contributed by atoms with van der Waals surface area (Å²) >= 11 is 0. The molecule has 0 bridgehead atoms. The van der Waals surface area contributed by atoms with Gasteiger partial charge in [0.1, 0.15) is 18.8 Å². The number of aromatic nitrogens is 3. The lowest BCUT2D eigenvalue weighted by Crippen LogP contribution is -2.07. The molecule has 3 rings (SSSR count). The maximum absolute atomic E-state index is 12.1. The van der Waals surface area contributed by atoms with Crippen molar-refractivity contribution >= 4 is 5.97 Å². The first kappa shape index (κ1) is 15.4. The fourth-order valence-electron chi connectivity index (χ4n) is 2.21. The molecular formula is C18H14N4O2. The number of carbonyl (C=O) groups excluding carboxylic acids is 1. The third-order valence-electron chi connectivity index (χ3n) is 3.58. The van der Waals surface area contributed by atoms with Crippen molar-refractivity contribution in [2.24, 2.45) is 0 Å². The van der Waals surface area contributed by atoms with Crippen LogP contribution in [0.3, 0.4) is 0 Å². The summed E-state index contributed by atoms with van der Waals surface area (Å²) in [6.45, 7) is 2.03. The fraction of sp³-hybridized carbons (Fsp3) is 0.111. The van der Waals surface area contributed by atoms with Crippen molar-refractivity contribution < 1.29 is 9.53 Å². The zero-order valence-corrected chi connectivity index (χ0v) is 13.0. The van der Waals surface area contributed by atoms with Crippen LogP contribution < -0.4 is 0 Å². The van der Waals surface area contributed by atoms with E-state index in [4.69, 9.17) is 10.00 Å². The standard InChI is InChI=1S/C18H14N4O2/c1-13-8-14(9-19)2-3-16(13)11-24-18(23)15-4-5-17(21-10-15)22-7-6-20-12-22/h2-8,10,12H,11H2,1H3. The van der Waals surface area contributed by atoms with E-state index in [1.165, 1.54) is 6.20 Å². The number of ether oxygens (including phenoxy) is 1. The van der Waals surface area contributed by atoms with Gasteiger partial charge < -0.3 is 4.74 Å². The molecule has 0 radical (unpaired) electrons. The van der Waals surface area contributed by atoms with Gasteiger partial charge in [-0.3, -0.25) is 4.57 Å². The highest BCUT2D eigenvalue weighted by atomic mass is 16.5. The van der Waals surface area contributed by atoms with Crippen molar-refractivity contribution in [2.45, 2.75) is 13.5 Å². The SMILES string of the molecule is Cc1cc(C#N)ccc1COC(=O)c1ccc(-n2ccnc2)nc1. The summed E-state index contributed by atoms with van der Waals surface area (Å²) in [6, 6.07) is 10.7. The number of esters is 1. The maximum atomic E-state index is 12.1. The third-order valence-corrected chi connectivity index (χ3v) is 3.58. The molecule has 0 aliphatic carbocycles. The van der Waals surface area contributed by atoms with Gasteiger partial charge in [0.15, 0.2) is 0 Å². The molecule has 2 heterocycles. The van der Waals surface area contributed by atoms with Crippen molar-refractivity contribution in [3.05, 3.63) is 77.5 Å². The van der Waals surface area contributed by atoms with Crippen LogP contribution in [0.4, 0.5) is 0 Å². The van der Waals surface area contributed by atoms with Gasteiger partial charge in [0.2, 0.25) is 0 Å². The highest BCUT2D eigenvalue weighted by molar-refractivity contribution is 5.89. The summed E-state index contributed by atoms with van der Waals surface area (Å²) in [5.41, 5.74) is 2.74. The average Bonchev–Trinajstić information content (AvgIpc) is 3.15. The number of benzene rings is 1. The summed E-state index contributed by atoms with van der Waals surface area (Å²) in [5, 5.41) is 8.86. The van der Waals surface area contributed by atoms with Gasteiger partial charge in [-0.1, -0.05) is 6.07 Å². The lowest BCUT2D eigenvalue weighted by molar-refractivity contribution is 0.0471. The van der Waals surface area contributed by atoms with Gasteiger partial charge in [0.05, 0.1) is 17.2 Å². The van der Waals surface area contributed by atoms with Crippen LogP contribution in [0.5, 0.6) is 0 Å². The highest BCUT2D eigenvalue weighted by Gasteiger charge is 2.10. The van der Waals surface area contributed by atoms with E-state index in [0.717, 1.165) is 11.1 Å². The van der Waals surface area contributed by atoms with Gasteiger partial charge >= 0.3 is 5.97 Å². The number of pyridine rings is 1. The molecule has 0 amide bonds. The molecule has 0 aliphatic rings. The van der Waals surface area contributed by atoms with Crippen LogP contribution in [0.25, 0.3) is 5.82 Å². The lowest BCUT2D eigenvalue weighted by atomic mass is 10.1. The van der Waals surface area contributed by atoms with Crippen LogP contribution in [-0.2, 0) is 11.3 Å². The molecular weight excluding hydrogens is 304 g/mol. The molecule has 0 aliphatic heterocycles. The van der Waals surface area contributed by atoms with Crippen molar-refractivity contribution in [3.8, 4) is 11.9 Å². The van der Waals surface area contributed by atoms with Crippen molar-refractivity contribution in [1.29, 1.82) is 5.26 Å². The number of aryl methyl sites for hydroxylation is 1. The summed E-state index contributed by atoms with van der Waals surface area (Å²) in [7, 11) is 0. The topological polar surface area (TPSA) is 80.8 Å². The van der Waals surface area contributed by atoms with Gasteiger partial charge in [0.25, 0.3) is 0 Å². The lowest BCUT2D eigenvalue weighted by Gasteiger charge is -2.08. The summed E-state index contributed by atoms with van der Waals surface area (Å²) in [4.78, 5) is 20.3. The second-order valence-corrected chi connectivity index (χ2v) is 5.20. The Morgan fingerprint density at radius 1 is 1.33 bits per heavy atom. The zero-order valence-electron chi connectivity index (χ0n) is 13.0. The van der Waals surface area contributed by atoms with E-state index in [1.807, 2.05) is 6.92 Å². The van der Waals surface area contributed by atoms with Crippen molar-refractivity contribution in [2.75, 3.05) is 0 Å². The number of carbonyl (C=O) groups is 1. The largest absolute Gasteiger partial charge is 0.457 e. The Balaban J connectivity index is 1.66. The first-order valence-electron chi connectivity index (χ1n) is 7.28. The maximum Gasteiger partial charge on any atom is 0.340 e. The van der Waals surface area contributed by atoms with Gasteiger partial charge in [-0.15, -0.1) is 0 Å². The van der Waals surface area contributed by atoms with Gasteiger partial charge in [-0.25, -0.2) is 14.8 Å². The molecule has 0 atom stereocenters. The van der Waals surface area contributed by atoms with E-state index < -0.39 is 5.97 Å². The number of imidazole rings is 1. The molecule has 0 fully saturated rings. The van der Waals surface area contributed by atoms with Crippen LogP contribution in [0.2, 0.25) is 0 Å². The molecule has 0 spiro atoms. The smallest absolute Gasteiger partial charge is 0.340 e. The molecule has 2 aromatic heterocycles. The number of hydrogen-bond acceptors (Lipinski definition) is 5. The zero-order chi connectivity index (χ0) is 16.9. The Bertz CT molecular complexity index is 894. The average molecular weight is 318 g/mol. The number of rotatable bonds is 4. The third kappa shape index (κ3) is 3.31. The molecule has 118 valence electrons. The van der Waals surface area contributed by atoms with E-state index in [-0.39, 0.29) is 6.61 Å². The normalized spacial score (nSPS) is 10.2. The highest BCUT2D eigenvalue weighted by Crippen LogP contribution is 2.13. The molecule has 0 saturated carbocycles. The summed E-state index contributed by atoms with van der Waals surface area (Å²) in [5.74, 6) is 0.232. The Morgan fingerprint density at radius 3 is 2.83 bits per heavy atom. The van der Waals surface area contributed by atoms with Crippen LogP contribution in [0, 0.1) is 18.3 Å². The first-order chi connectivity index (χ1) is 11.7. The summed E-state index contributed by atoms with van der Waals surface area (Å²) < 4.78 is 7.06. The number of nitriles is 1. The Kier molecular flexibility index (Phi) is 4.34.